The van der Waals surface area contributed by atoms with Gasteiger partial charge in [-0.2, -0.15) is 0 Å². The number of piperidine rings is 1. The van der Waals surface area contributed by atoms with Gasteiger partial charge in [-0.3, -0.25) is 4.79 Å². The third-order valence-corrected chi connectivity index (χ3v) is 4.98. The highest BCUT2D eigenvalue weighted by atomic mass is 16.6. The highest BCUT2D eigenvalue weighted by molar-refractivity contribution is 5.77. The molecule has 6 nitrogen and oxygen atoms in total. The summed E-state index contributed by atoms with van der Waals surface area (Å²) in [7, 11) is 1.39. The number of nitrogens with one attached hydrogen (secondary N) is 1. The Labute approximate surface area is 160 Å². The third kappa shape index (κ3) is 4.43. The molecule has 0 aliphatic carbocycles. The van der Waals surface area contributed by atoms with Gasteiger partial charge in [0, 0.05) is 31.2 Å². The Morgan fingerprint density at radius 1 is 1.26 bits per heavy atom. The van der Waals surface area contributed by atoms with E-state index in [2.05, 4.69) is 35.7 Å². The van der Waals surface area contributed by atoms with Crippen LogP contribution in [0.4, 0.5) is 10.5 Å². The largest absolute Gasteiger partial charge is 0.469 e. The fourth-order valence-corrected chi connectivity index (χ4v) is 3.70. The number of ether oxygens (including phenoxy) is 2. The normalized spacial score (nSPS) is 21.9. The maximum atomic E-state index is 12.5. The van der Waals surface area contributed by atoms with Gasteiger partial charge in [0.25, 0.3) is 0 Å². The summed E-state index contributed by atoms with van der Waals surface area (Å²) < 4.78 is 10.5. The van der Waals surface area contributed by atoms with E-state index in [4.69, 9.17) is 9.47 Å². The Morgan fingerprint density at radius 3 is 2.74 bits per heavy atom. The predicted molar refractivity (Wildman–Crippen MR) is 105 cm³/mol. The lowest BCUT2D eigenvalue weighted by Gasteiger charge is -2.38. The maximum Gasteiger partial charge on any atom is 0.410 e. The van der Waals surface area contributed by atoms with Gasteiger partial charge in [-0.05, 0) is 50.5 Å². The summed E-state index contributed by atoms with van der Waals surface area (Å²) in [5, 5.41) is 3.33. The minimum absolute atomic E-state index is 0.0109. The van der Waals surface area contributed by atoms with Gasteiger partial charge in [-0.1, -0.05) is 18.2 Å². The lowest BCUT2D eigenvalue weighted by Crippen LogP contribution is -2.47. The second-order valence-corrected chi connectivity index (χ2v) is 8.08. The van der Waals surface area contributed by atoms with Gasteiger partial charge in [0.15, 0.2) is 0 Å². The van der Waals surface area contributed by atoms with Crippen molar-refractivity contribution in [3.8, 4) is 0 Å². The second-order valence-electron chi connectivity index (χ2n) is 8.08. The molecule has 1 aromatic carbocycles. The first-order valence-electron chi connectivity index (χ1n) is 9.38. The maximum absolute atomic E-state index is 12.5. The number of hydrogen-bond donors (Lipinski definition) is 1. The van der Waals surface area contributed by atoms with E-state index in [9.17, 15) is 9.59 Å². The Kier molecular flexibility index (Phi) is 5.44. The molecule has 6 heteroatoms. The molecule has 2 atom stereocenters. The first kappa shape index (κ1) is 19.3. The van der Waals surface area contributed by atoms with Crippen molar-refractivity contribution in [1.82, 2.24) is 4.90 Å². The van der Waals surface area contributed by atoms with Gasteiger partial charge in [0.1, 0.15) is 5.60 Å². The summed E-state index contributed by atoms with van der Waals surface area (Å²) in [6, 6.07) is 6.25. The number of likely N-dealkylation sites (tertiary alicyclic amines) is 1. The van der Waals surface area contributed by atoms with E-state index in [1.807, 2.05) is 20.8 Å². The third-order valence-electron chi connectivity index (χ3n) is 4.98. The molecule has 1 N–H and O–H groups in total. The molecular formula is C21H28N2O4. The van der Waals surface area contributed by atoms with E-state index >= 15 is 0 Å². The van der Waals surface area contributed by atoms with Gasteiger partial charge < -0.3 is 19.7 Å². The second kappa shape index (κ2) is 7.62. The zero-order valence-electron chi connectivity index (χ0n) is 16.5. The van der Waals surface area contributed by atoms with Crippen molar-refractivity contribution in [3.63, 3.8) is 0 Å². The van der Waals surface area contributed by atoms with E-state index in [0.717, 1.165) is 23.4 Å². The van der Waals surface area contributed by atoms with Crippen molar-refractivity contribution in [2.45, 2.75) is 38.7 Å². The molecule has 0 spiro atoms. The lowest BCUT2D eigenvalue weighted by molar-refractivity contribution is -0.148. The van der Waals surface area contributed by atoms with Gasteiger partial charge in [-0.25, -0.2) is 4.79 Å². The number of rotatable bonds is 2. The summed E-state index contributed by atoms with van der Waals surface area (Å²) in [6.07, 6.45) is 4.48. The minimum Gasteiger partial charge on any atom is -0.469 e. The van der Waals surface area contributed by atoms with Crippen molar-refractivity contribution < 1.29 is 19.1 Å². The van der Waals surface area contributed by atoms with Crippen LogP contribution in [0.1, 0.15) is 44.2 Å². The van der Waals surface area contributed by atoms with Crippen molar-refractivity contribution in [3.05, 3.63) is 35.4 Å². The summed E-state index contributed by atoms with van der Waals surface area (Å²) in [5.74, 6) is -0.689. The standard InChI is InChI=1S/C21H28N2O4/c1-21(2,3)27-20(25)23-11-9-16(17(13-23)19(24)26-4)14-7-8-18-15(12-14)6-5-10-22-18/h5-8,12,16-17,22H,9-11,13H2,1-4H3/t16-,17?/m1/s1. The zero-order chi connectivity index (χ0) is 19.6. The van der Waals surface area contributed by atoms with Crippen LogP contribution in [0.2, 0.25) is 0 Å². The number of amides is 1. The van der Waals surface area contributed by atoms with Crippen molar-refractivity contribution in [2.75, 3.05) is 32.1 Å². The molecule has 3 rings (SSSR count). The molecule has 2 heterocycles. The number of benzene rings is 1. The van der Waals surface area contributed by atoms with E-state index in [0.29, 0.717) is 19.5 Å². The molecule has 0 aromatic heterocycles. The first-order valence-corrected chi connectivity index (χ1v) is 9.38. The molecule has 0 radical (unpaired) electrons. The van der Waals surface area contributed by atoms with Crippen LogP contribution >= 0.6 is 0 Å². The Bertz CT molecular complexity index is 751. The molecule has 0 saturated carbocycles. The van der Waals surface area contributed by atoms with E-state index in [1.54, 1.807) is 4.90 Å². The van der Waals surface area contributed by atoms with Gasteiger partial charge >= 0.3 is 12.1 Å². The summed E-state index contributed by atoms with van der Waals surface area (Å²) in [4.78, 5) is 26.5. The van der Waals surface area contributed by atoms with Crippen LogP contribution in [-0.4, -0.2) is 49.3 Å². The number of methoxy groups -OCH3 is 1. The van der Waals surface area contributed by atoms with Crippen LogP contribution in [0, 0.1) is 5.92 Å². The molecule has 27 heavy (non-hydrogen) atoms. The highest BCUT2D eigenvalue weighted by Gasteiger charge is 2.39. The number of anilines is 1. The number of fused-ring (bicyclic) bond motifs is 1. The van der Waals surface area contributed by atoms with Crippen LogP contribution < -0.4 is 5.32 Å². The van der Waals surface area contributed by atoms with Gasteiger partial charge in [-0.15, -0.1) is 0 Å². The molecule has 1 unspecified atom stereocenters. The molecule has 1 aromatic rings. The number of nitrogens with zero attached hydrogens (tertiary/aromatic N) is 1. The van der Waals surface area contributed by atoms with E-state index in [-0.39, 0.29) is 18.0 Å². The number of esters is 1. The topological polar surface area (TPSA) is 67.9 Å². The summed E-state index contributed by atoms with van der Waals surface area (Å²) in [6.45, 7) is 7.19. The fourth-order valence-electron chi connectivity index (χ4n) is 3.70. The summed E-state index contributed by atoms with van der Waals surface area (Å²) in [5.41, 5.74) is 2.76. The van der Waals surface area contributed by atoms with Crippen LogP contribution in [0.15, 0.2) is 24.3 Å². The molecule has 2 aliphatic rings. The van der Waals surface area contributed by atoms with Crippen molar-refractivity contribution in [1.29, 1.82) is 0 Å². The SMILES string of the molecule is COC(=O)C1CN(C(=O)OC(C)(C)C)CC[C@@H]1c1ccc2c(c1)C=CCN2. The van der Waals surface area contributed by atoms with Gasteiger partial charge in [0.05, 0.1) is 13.0 Å². The Morgan fingerprint density at radius 2 is 2.04 bits per heavy atom. The Hall–Kier alpha value is -2.50. The van der Waals surface area contributed by atoms with Crippen LogP contribution in [0.3, 0.4) is 0 Å². The quantitative estimate of drug-likeness (QED) is 0.803. The zero-order valence-corrected chi connectivity index (χ0v) is 16.5. The first-order chi connectivity index (χ1) is 12.8. The molecule has 1 fully saturated rings. The number of carbonyl (C=O) groups excluding carboxylic acids is 2. The van der Waals surface area contributed by atoms with Crippen LogP contribution in [0.5, 0.6) is 0 Å². The highest BCUT2D eigenvalue weighted by Crippen LogP contribution is 2.36. The van der Waals surface area contributed by atoms with Gasteiger partial charge in [0.2, 0.25) is 0 Å². The molecular weight excluding hydrogens is 344 g/mol. The molecule has 1 saturated heterocycles. The smallest absolute Gasteiger partial charge is 0.410 e. The molecule has 146 valence electrons. The average Bonchev–Trinajstić information content (AvgIpc) is 2.65. The van der Waals surface area contributed by atoms with Crippen LogP contribution in [0.25, 0.3) is 6.08 Å². The Balaban J connectivity index is 1.81. The van der Waals surface area contributed by atoms with Crippen LogP contribution in [-0.2, 0) is 14.3 Å². The van der Waals surface area contributed by atoms with Crippen molar-refractivity contribution in [2.24, 2.45) is 5.92 Å². The summed E-state index contributed by atoms with van der Waals surface area (Å²) >= 11 is 0. The predicted octanol–water partition coefficient (Wildman–Crippen LogP) is 3.64. The minimum atomic E-state index is -0.563. The van der Waals surface area contributed by atoms with Crippen molar-refractivity contribution >= 4 is 23.8 Å². The number of carbonyl (C=O) groups is 2. The molecule has 2 aliphatic heterocycles. The fraction of sp³-hybridized carbons (Fsp3) is 0.524. The number of hydrogen-bond acceptors (Lipinski definition) is 5. The lowest BCUT2D eigenvalue weighted by atomic mass is 9.79. The monoisotopic (exact) mass is 372 g/mol. The van der Waals surface area contributed by atoms with E-state index in [1.165, 1.54) is 7.11 Å². The van der Waals surface area contributed by atoms with E-state index < -0.39 is 11.5 Å². The molecule has 1 amide bonds. The molecule has 0 bridgehead atoms. The average molecular weight is 372 g/mol.